The predicted octanol–water partition coefficient (Wildman–Crippen LogP) is 5.15. The zero-order valence-electron chi connectivity index (χ0n) is 10.3. The molecule has 0 unspecified atom stereocenters. The summed E-state index contributed by atoms with van der Waals surface area (Å²) < 4.78 is 0. The van der Waals surface area contributed by atoms with Gasteiger partial charge in [-0.25, -0.2) is 0 Å². The molecule has 0 saturated carbocycles. The quantitative estimate of drug-likeness (QED) is 0.652. The zero-order valence-corrected chi connectivity index (χ0v) is 10.3. The summed E-state index contributed by atoms with van der Waals surface area (Å²) in [5.74, 6) is 0. The maximum atomic E-state index is 2.35. The fourth-order valence-corrected chi connectivity index (χ4v) is 2.02. The minimum atomic E-state index is 1.21. The van der Waals surface area contributed by atoms with Crippen molar-refractivity contribution in [3.8, 4) is 0 Å². The van der Waals surface area contributed by atoms with Crippen molar-refractivity contribution < 1.29 is 0 Å². The van der Waals surface area contributed by atoms with Crippen LogP contribution in [-0.4, -0.2) is 0 Å². The Morgan fingerprint density at radius 3 is 2.53 bits per heavy atom. The molecule has 2 rings (SSSR count). The topological polar surface area (TPSA) is 0 Å². The minimum absolute atomic E-state index is 1.21. The molecule has 0 heterocycles. The molecule has 1 aromatic carbocycles. The second-order valence-electron chi connectivity index (χ2n) is 4.49. The monoisotopic (exact) mass is 224 g/mol. The maximum Gasteiger partial charge on any atom is -0.0256 e. The average Bonchev–Trinajstić information content (AvgIpc) is 2.51. The van der Waals surface area contributed by atoms with E-state index in [0.717, 1.165) is 0 Å². The van der Waals surface area contributed by atoms with E-state index in [1.807, 2.05) is 0 Å². The van der Waals surface area contributed by atoms with Gasteiger partial charge in [-0.1, -0.05) is 67.1 Å². The van der Waals surface area contributed by atoms with Gasteiger partial charge in [-0.2, -0.15) is 0 Å². The van der Waals surface area contributed by atoms with Crippen LogP contribution in [-0.2, 0) is 0 Å². The molecule has 88 valence electrons. The van der Waals surface area contributed by atoms with Crippen LogP contribution in [0.2, 0.25) is 0 Å². The molecular formula is C17H20. The summed E-state index contributed by atoms with van der Waals surface area (Å²) in [6, 6.07) is 10.5. The largest absolute Gasteiger partial charge is 0.0840 e. The van der Waals surface area contributed by atoms with Gasteiger partial charge in [-0.05, 0) is 36.8 Å². The first kappa shape index (κ1) is 11.9. The summed E-state index contributed by atoms with van der Waals surface area (Å²) in [6.45, 7) is 0. The van der Waals surface area contributed by atoms with Gasteiger partial charge in [-0.3, -0.25) is 0 Å². The number of hydrogen-bond donors (Lipinski definition) is 0. The van der Waals surface area contributed by atoms with E-state index in [1.54, 1.807) is 0 Å². The van der Waals surface area contributed by atoms with E-state index in [0.29, 0.717) is 0 Å². The van der Waals surface area contributed by atoms with Crippen molar-refractivity contribution in [3.05, 3.63) is 65.8 Å². The number of rotatable bonds is 2. The molecule has 0 nitrogen and oxygen atoms in total. The molecule has 0 aliphatic heterocycles. The lowest BCUT2D eigenvalue weighted by Crippen LogP contribution is -1.74. The van der Waals surface area contributed by atoms with Crippen LogP contribution < -0.4 is 0 Å². The Labute approximate surface area is 104 Å². The molecule has 0 N–H and O–H groups in total. The predicted molar refractivity (Wildman–Crippen MR) is 75.8 cm³/mol. The summed E-state index contributed by atoms with van der Waals surface area (Å²) in [6.07, 6.45) is 17.7. The van der Waals surface area contributed by atoms with E-state index in [2.05, 4.69) is 60.7 Å². The SMILES string of the molecule is C1=C/C(/C=C/c2ccccc2)=C\CCCCC\1. The minimum Gasteiger partial charge on any atom is -0.0840 e. The molecular weight excluding hydrogens is 204 g/mol. The van der Waals surface area contributed by atoms with Gasteiger partial charge >= 0.3 is 0 Å². The molecule has 0 radical (unpaired) electrons. The molecule has 0 heteroatoms. The Bertz CT molecular complexity index is 407. The van der Waals surface area contributed by atoms with Gasteiger partial charge in [-0.15, -0.1) is 0 Å². The van der Waals surface area contributed by atoms with E-state index in [4.69, 9.17) is 0 Å². The van der Waals surface area contributed by atoms with E-state index in [9.17, 15) is 0 Å². The molecule has 0 fully saturated rings. The summed E-state index contributed by atoms with van der Waals surface area (Å²) in [7, 11) is 0. The standard InChI is InChI=1S/C17H20/c1-2-4-7-11-16(10-6-3-1)14-15-17-12-8-5-9-13-17/h5-6,8-15H,1-4,7H2/b10-6-,15-14+,16-11+. The smallest absolute Gasteiger partial charge is 0.0256 e. The second-order valence-corrected chi connectivity index (χ2v) is 4.49. The van der Waals surface area contributed by atoms with Crippen molar-refractivity contribution in [1.29, 1.82) is 0 Å². The van der Waals surface area contributed by atoms with Crippen LogP contribution in [0.5, 0.6) is 0 Å². The van der Waals surface area contributed by atoms with Crippen molar-refractivity contribution in [2.24, 2.45) is 0 Å². The van der Waals surface area contributed by atoms with Gasteiger partial charge in [0.25, 0.3) is 0 Å². The average molecular weight is 224 g/mol. The first-order chi connectivity index (χ1) is 8.45. The van der Waals surface area contributed by atoms with E-state index < -0.39 is 0 Å². The molecule has 0 spiro atoms. The third-order valence-electron chi connectivity index (χ3n) is 3.03. The highest BCUT2D eigenvalue weighted by Gasteiger charge is 1.93. The number of benzene rings is 1. The summed E-state index contributed by atoms with van der Waals surface area (Å²) in [5, 5.41) is 0. The van der Waals surface area contributed by atoms with Gasteiger partial charge in [0.05, 0.1) is 0 Å². The normalized spacial score (nSPS) is 22.2. The van der Waals surface area contributed by atoms with Crippen molar-refractivity contribution in [1.82, 2.24) is 0 Å². The summed E-state index contributed by atoms with van der Waals surface area (Å²) in [5.41, 5.74) is 2.61. The zero-order chi connectivity index (χ0) is 11.8. The molecule has 1 aromatic rings. The molecule has 0 bridgehead atoms. The lowest BCUT2D eigenvalue weighted by Gasteiger charge is -1.95. The van der Waals surface area contributed by atoms with Gasteiger partial charge < -0.3 is 0 Å². The van der Waals surface area contributed by atoms with Crippen LogP contribution in [0.3, 0.4) is 0 Å². The first-order valence-electron chi connectivity index (χ1n) is 6.55. The van der Waals surface area contributed by atoms with Crippen molar-refractivity contribution in [3.63, 3.8) is 0 Å². The molecule has 1 aliphatic rings. The Morgan fingerprint density at radius 2 is 1.65 bits per heavy atom. The highest BCUT2D eigenvalue weighted by Crippen LogP contribution is 2.13. The lowest BCUT2D eigenvalue weighted by molar-refractivity contribution is 0.698. The Hall–Kier alpha value is -1.56. The number of hydrogen-bond acceptors (Lipinski definition) is 0. The van der Waals surface area contributed by atoms with Gasteiger partial charge in [0.1, 0.15) is 0 Å². The van der Waals surface area contributed by atoms with Crippen LogP contribution in [0.4, 0.5) is 0 Å². The van der Waals surface area contributed by atoms with E-state index in [1.165, 1.54) is 43.2 Å². The van der Waals surface area contributed by atoms with Gasteiger partial charge in [0, 0.05) is 0 Å². The highest BCUT2D eigenvalue weighted by atomic mass is 14.0. The van der Waals surface area contributed by atoms with Crippen LogP contribution in [0.1, 0.15) is 37.7 Å². The van der Waals surface area contributed by atoms with Crippen molar-refractivity contribution >= 4 is 6.08 Å². The molecule has 0 aromatic heterocycles. The maximum absolute atomic E-state index is 2.35. The molecule has 0 atom stereocenters. The first-order valence-corrected chi connectivity index (χ1v) is 6.55. The Kier molecular flexibility index (Phi) is 4.84. The molecule has 0 amide bonds. The lowest BCUT2D eigenvalue weighted by atomic mass is 10.1. The van der Waals surface area contributed by atoms with Crippen LogP contribution in [0.25, 0.3) is 6.08 Å². The van der Waals surface area contributed by atoms with Gasteiger partial charge in [0.2, 0.25) is 0 Å². The van der Waals surface area contributed by atoms with E-state index >= 15 is 0 Å². The van der Waals surface area contributed by atoms with Crippen LogP contribution in [0.15, 0.2) is 60.2 Å². The van der Waals surface area contributed by atoms with Gasteiger partial charge in [0.15, 0.2) is 0 Å². The van der Waals surface area contributed by atoms with E-state index in [-0.39, 0.29) is 0 Å². The third kappa shape index (κ3) is 4.44. The summed E-state index contributed by atoms with van der Waals surface area (Å²) >= 11 is 0. The second kappa shape index (κ2) is 6.90. The number of allylic oxidation sites excluding steroid dienone is 5. The third-order valence-corrected chi connectivity index (χ3v) is 3.03. The van der Waals surface area contributed by atoms with Crippen molar-refractivity contribution in [2.75, 3.05) is 0 Å². The summed E-state index contributed by atoms with van der Waals surface area (Å²) in [4.78, 5) is 0. The molecule has 1 aliphatic carbocycles. The fraction of sp³-hybridized carbons (Fsp3) is 0.294. The highest BCUT2D eigenvalue weighted by molar-refractivity contribution is 5.54. The Balaban J connectivity index is 2.05. The van der Waals surface area contributed by atoms with Crippen molar-refractivity contribution in [2.45, 2.75) is 32.1 Å². The Morgan fingerprint density at radius 1 is 0.824 bits per heavy atom. The molecule has 0 saturated heterocycles. The fourth-order valence-electron chi connectivity index (χ4n) is 2.02. The molecule has 17 heavy (non-hydrogen) atoms. The van der Waals surface area contributed by atoms with Crippen LogP contribution >= 0.6 is 0 Å². The van der Waals surface area contributed by atoms with Crippen LogP contribution in [0, 0.1) is 0 Å².